The van der Waals surface area contributed by atoms with Crippen LogP contribution in [0.5, 0.6) is 0 Å². The average Bonchev–Trinajstić information content (AvgIpc) is 2.48. The first-order valence-electron chi connectivity index (χ1n) is 9.81. The highest BCUT2D eigenvalue weighted by Crippen LogP contribution is 2.40. The van der Waals surface area contributed by atoms with E-state index in [-0.39, 0.29) is 16.7 Å². The van der Waals surface area contributed by atoms with Crippen molar-refractivity contribution in [2.24, 2.45) is 0 Å². The Labute approximate surface area is 167 Å². The minimum absolute atomic E-state index is 0.0412. The van der Waals surface area contributed by atoms with Gasteiger partial charge in [0.15, 0.2) is 22.9 Å². The number of ether oxygens (including phenoxy) is 2. The Morgan fingerprint density at radius 3 is 1.74 bits per heavy atom. The van der Waals surface area contributed by atoms with Gasteiger partial charge in [0.2, 0.25) is 0 Å². The van der Waals surface area contributed by atoms with Crippen LogP contribution in [0, 0.1) is 0 Å². The first kappa shape index (κ1) is 25.2. The second-order valence-corrected chi connectivity index (χ2v) is 20.2. The van der Waals surface area contributed by atoms with Gasteiger partial charge in [0.05, 0.1) is 6.61 Å². The van der Waals surface area contributed by atoms with Gasteiger partial charge >= 0.3 is 0 Å². The molecule has 0 aromatic carbocycles. The molecule has 1 aliphatic heterocycles. The molecule has 0 unspecified atom stereocenters. The van der Waals surface area contributed by atoms with Crippen molar-refractivity contribution >= 4 is 16.6 Å². The molecule has 0 radical (unpaired) electrons. The monoisotopic (exact) mass is 422 g/mol. The summed E-state index contributed by atoms with van der Waals surface area (Å²) in [6, 6.07) is 0. The Hall–Kier alpha value is 0.194. The number of hydrogen-bond donors (Lipinski definition) is 2. The van der Waals surface area contributed by atoms with E-state index in [9.17, 15) is 10.2 Å². The Morgan fingerprint density at radius 1 is 0.852 bits per heavy atom. The van der Waals surface area contributed by atoms with Crippen molar-refractivity contribution in [3.8, 4) is 0 Å². The number of methoxy groups -OCH3 is 1. The van der Waals surface area contributed by atoms with Gasteiger partial charge in [-0.25, -0.2) is 0 Å². The summed E-state index contributed by atoms with van der Waals surface area (Å²) in [5.74, 6) is 0. The third-order valence-corrected chi connectivity index (χ3v) is 15.5. The summed E-state index contributed by atoms with van der Waals surface area (Å²) in [6.07, 6.45) is -4.26. The van der Waals surface area contributed by atoms with Gasteiger partial charge in [-0.3, -0.25) is 0 Å². The largest absolute Gasteiger partial charge is 0.414 e. The topological polar surface area (TPSA) is 77.4 Å². The van der Waals surface area contributed by atoms with E-state index in [1.807, 2.05) is 0 Å². The maximum Gasteiger partial charge on any atom is 0.192 e. The van der Waals surface area contributed by atoms with Crippen molar-refractivity contribution in [3.63, 3.8) is 0 Å². The molecule has 1 aliphatic rings. The zero-order valence-electron chi connectivity index (χ0n) is 19.1. The van der Waals surface area contributed by atoms with Crippen LogP contribution in [0.15, 0.2) is 0 Å². The maximum atomic E-state index is 10.9. The zero-order chi connectivity index (χ0) is 21.4. The van der Waals surface area contributed by atoms with E-state index >= 15 is 0 Å². The van der Waals surface area contributed by atoms with Crippen molar-refractivity contribution < 1.29 is 28.5 Å². The first-order valence-corrected chi connectivity index (χ1v) is 15.6. The van der Waals surface area contributed by atoms with Crippen LogP contribution in [0.2, 0.25) is 36.3 Å². The van der Waals surface area contributed by atoms with Gasteiger partial charge in [-0.15, -0.1) is 0 Å². The SMILES string of the molecule is CO[C@H]1O[C@H](CO[Si](C)(C)C(C)(C)C)[C@H](O)[C@H](O[Si](C)(C)C(C)(C)C)[C@H]1O. The van der Waals surface area contributed by atoms with Gasteiger partial charge in [-0.1, -0.05) is 41.5 Å². The maximum absolute atomic E-state index is 10.9. The van der Waals surface area contributed by atoms with Gasteiger partial charge in [0.25, 0.3) is 0 Å². The van der Waals surface area contributed by atoms with E-state index in [0.717, 1.165) is 0 Å². The van der Waals surface area contributed by atoms with Crippen LogP contribution in [0.3, 0.4) is 0 Å². The van der Waals surface area contributed by atoms with Crippen LogP contribution >= 0.6 is 0 Å². The van der Waals surface area contributed by atoms with E-state index < -0.39 is 47.3 Å². The molecular weight excluding hydrogens is 380 g/mol. The summed E-state index contributed by atoms with van der Waals surface area (Å²) < 4.78 is 23.7. The van der Waals surface area contributed by atoms with E-state index in [1.165, 1.54) is 7.11 Å². The summed E-state index contributed by atoms with van der Waals surface area (Å²) >= 11 is 0. The van der Waals surface area contributed by atoms with E-state index in [2.05, 4.69) is 67.7 Å². The molecule has 2 N–H and O–H groups in total. The molecule has 1 rings (SSSR count). The molecule has 0 spiro atoms. The highest BCUT2D eigenvalue weighted by molar-refractivity contribution is 6.74. The van der Waals surface area contributed by atoms with Crippen LogP contribution in [0.25, 0.3) is 0 Å². The Bertz CT molecular complexity index is 484. The van der Waals surface area contributed by atoms with Crippen molar-refractivity contribution in [1.29, 1.82) is 0 Å². The van der Waals surface area contributed by atoms with Crippen molar-refractivity contribution in [3.05, 3.63) is 0 Å². The standard InChI is InChI=1S/C19H42O6Si2/c1-18(2,3)26(8,9)23-12-13-14(20)16(15(21)17(22-7)24-13)25-27(10,11)19(4,5)6/h13-17,20-21H,12H2,1-11H3/t13-,14+,15-,16+,17+/m1/s1. The fourth-order valence-corrected chi connectivity index (χ4v) is 4.72. The van der Waals surface area contributed by atoms with Gasteiger partial charge in [0.1, 0.15) is 24.4 Å². The normalized spacial score (nSPS) is 31.2. The predicted molar refractivity (Wildman–Crippen MR) is 113 cm³/mol. The minimum Gasteiger partial charge on any atom is -0.414 e. The van der Waals surface area contributed by atoms with E-state index in [4.69, 9.17) is 18.3 Å². The molecule has 1 saturated heterocycles. The number of aliphatic hydroxyl groups excluding tert-OH is 2. The second-order valence-electron chi connectivity index (χ2n) is 10.7. The Kier molecular flexibility index (Phi) is 7.95. The molecule has 1 fully saturated rings. The van der Waals surface area contributed by atoms with Crippen LogP contribution in [-0.2, 0) is 18.3 Å². The van der Waals surface area contributed by atoms with Gasteiger partial charge < -0.3 is 28.5 Å². The highest BCUT2D eigenvalue weighted by Gasteiger charge is 2.50. The average molecular weight is 423 g/mol. The summed E-state index contributed by atoms with van der Waals surface area (Å²) in [6.45, 7) is 21.7. The smallest absolute Gasteiger partial charge is 0.192 e. The molecule has 5 atom stereocenters. The molecule has 0 aromatic rings. The number of rotatable bonds is 6. The fraction of sp³-hybridized carbons (Fsp3) is 1.00. The van der Waals surface area contributed by atoms with Crippen LogP contribution < -0.4 is 0 Å². The molecule has 0 aromatic heterocycles. The molecular formula is C19H42O6Si2. The molecule has 1 heterocycles. The third-order valence-electron chi connectivity index (χ3n) is 6.53. The molecule has 0 amide bonds. The number of hydrogen-bond acceptors (Lipinski definition) is 6. The molecule has 0 saturated carbocycles. The molecule has 8 heteroatoms. The fourth-order valence-electron chi connectivity index (χ4n) is 2.40. The van der Waals surface area contributed by atoms with Crippen molar-refractivity contribution in [1.82, 2.24) is 0 Å². The lowest BCUT2D eigenvalue weighted by atomic mass is 9.99. The Balaban J connectivity index is 2.99. The summed E-state index contributed by atoms with van der Waals surface area (Å²) in [7, 11) is -2.71. The second kappa shape index (κ2) is 8.51. The zero-order valence-corrected chi connectivity index (χ0v) is 21.1. The first-order chi connectivity index (χ1) is 11.9. The van der Waals surface area contributed by atoms with Crippen LogP contribution in [0.4, 0.5) is 0 Å². The quantitative estimate of drug-likeness (QED) is 0.638. The summed E-state index contributed by atoms with van der Waals surface area (Å²) in [5, 5.41) is 21.6. The lowest BCUT2D eigenvalue weighted by molar-refractivity contribution is -0.290. The molecule has 162 valence electrons. The summed E-state index contributed by atoms with van der Waals surface area (Å²) in [4.78, 5) is 0. The van der Waals surface area contributed by atoms with E-state index in [0.29, 0.717) is 0 Å². The third kappa shape index (κ3) is 5.85. The minimum atomic E-state index is -2.20. The number of aliphatic hydroxyl groups is 2. The molecule has 0 aliphatic carbocycles. The highest BCUT2D eigenvalue weighted by atomic mass is 28.4. The van der Waals surface area contributed by atoms with Crippen molar-refractivity contribution in [2.75, 3.05) is 13.7 Å². The van der Waals surface area contributed by atoms with E-state index in [1.54, 1.807) is 0 Å². The van der Waals surface area contributed by atoms with Crippen molar-refractivity contribution in [2.45, 2.75) is 109 Å². The molecule has 6 nitrogen and oxygen atoms in total. The van der Waals surface area contributed by atoms with Crippen LogP contribution in [-0.4, -0.2) is 71.3 Å². The lowest BCUT2D eigenvalue weighted by Gasteiger charge is -2.48. The van der Waals surface area contributed by atoms with Crippen LogP contribution in [0.1, 0.15) is 41.5 Å². The summed E-state index contributed by atoms with van der Waals surface area (Å²) in [5.41, 5.74) is 0. The predicted octanol–water partition coefficient (Wildman–Crippen LogP) is 3.49. The molecule has 0 bridgehead atoms. The van der Waals surface area contributed by atoms with Gasteiger partial charge in [-0.05, 0) is 36.3 Å². The lowest BCUT2D eigenvalue weighted by Crippen LogP contribution is -2.63. The molecule has 27 heavy (non-hydrogen) atoms. The van der Waals surface area contributed by atoms with Gasteiger partial charge in [-0.2, -0.15) is 0 Å². The van der Waals surface area contributed by atoms with Gasteiger partial charge in [0, 0.05) is 7.11 Å². The Morgan fingerprint density at radius 2 is 1.33 bits per heavy atom.